The lowest BCUT2D eigenvalue weighted by Crippen LogP contribution is -2.40. The maximum atomic E-state index is 11.2. The van der Waals surface area contributed by atoms with Gasteiger partial charge in [-0.2, -0.15) is 0 Å². The highest BCUT2D eigenvalue weighted by Crippen LogP contribution is 2.06. The van der Waals surface area contributed by atoms with E-state index in [1.165, 1.54) is 13.0 Å². The molecule has 0 saturated heterocycles. The van der Waals surface area contributed by atoms with Crippen LogP contribution in [-0.4, -0.2) is 23.9 Å². The molecule has 1 N–H and O–H groups in total. The summed E-state index contributed by atoms with van der Waals surface area (Å²) in [5.74, 6) is -0.504. The summed E-state index contributed by atoms with van der Waals surface area (Å²) in [6, 6.07) is 0. The van der Waals surface area contributed by atoms with Crippen molar-refractivity contribution in [3.8, 4) is 0 Å². The fourth-order valence-corrected chi connectivity index (χ4v) is 0.739. The molecule has 0 aliphatic carbocycles. The maximum absolute atomic E-state index is 11.2. The van der Waals surface area contributed by atoms with Gasteiger partial charge < -0.3 is 9.47 Å². The first-order valence-corrected chi connectivity index (χ1v) is 4.54. The zero-order chi connectivity index (χ0) is 12.1. The van der Waals surface area contributed by atoms with Crippen molar-refractivity contribution in [3.63, 3.8) is 0 Å². The number of esters is 1. The zero-order valence-corrected chi connectivity index (χ0v) is 9.49. The lowest BCUT2D eigenvalue weighted by Gasteiger charge is -2.21. The molecule has 0 aromatic rings. The Balaban J connectivity index is 4.13. The molecule has 0 aliphatic rings. The molecular formula is C10H17NO4. The van der Waals surface area contributed by atoms with Crippen molar-refractivity contribution < 1.29 is 19.1 Å². The van der Waals surface area contributed by atoms with E-state index in [-0.39, 0.29) is 0 Å². The third-order valence-corrected chi connectivity index (χ3v) is 1.17. The molecule has 0 spiro atoms. The van der Waals surface area contributed by atoms with Gasteiger partial charge in [0, 0.05) is 6.92 Å². The first kappa shape index (κ1) is 13.5. The maximum Gasteiger partial charge on any atom is 0.410 e. The normalized spacial score (nSPS) is 12.5. The Labute approximate surface area is 89.4 Å². The summed E-state index contributed by atoms with van der Waals surface area (Å²) in [4.78, 5) is 21.9. The molecule has 0 heterocycles. The van der Waals surface area contributed by atoms with E-state index < -0.39 is 23.9 Å². The number of carbonyl (C=O) groups is 2. The molecule has 0 saturated carbocycles. The van der Waals surface area contributed by atoms with Gasteiger partial charge in [-0.15, -0.1) is 0 Å². The zero-order valence-electron chi connectivity index (χ0n) is 9.49. The SMILES string of the molecule is C=CC(NC(=O)OC(C)(C)C)OC(C)=O. The second kappa shape index (κ2) is 5.38. The van der Waals surface area contributed by atoms with Gasteiger partial charge in [0.15, 0.2) is 6.23 Å². The summed E-state index contributed by atoms with van der Waals surface area (Å²) in [6.45, 7) is 9.87. The van der Waals surface area contributed by atoms with E-state index in [1.54, 1.807) is 20.8 Å². The smallest absolute Gasteiger partial charge is 0.410 e. The second-order valence-electron chi connectivity index (χ2n) is 3.91. The number of carbonyl (C=O) groups excluding carboxylic acids is 2. The molecule has 0 aliphatic heterocycles. The summed E-state index contributed by atoms with van der Waals surface area (Å²) in [5.41, 5.74) is -0.591. The van der Waals surface area contributed by atoms with E-state index in [1.807, 2.05) is 0 Å². The third-order valence-electron chi connectivity index (χ3n) is 1.17. The minimum atomic E-state index is -0.864. The van der Waals surface area contributed by atoms with Gasteiger partial charge in [-0.25, -0.2) is 4.79 Å². The van der Waals surface area contributed by atoms with Crippen molar-refractivity contribution in [2.24, 2.45) is 0 Å². The monoisotopic (exact) mass is 215 g/mol. The molecule has 0 aromatic carbocycles. The number of amides is 1. The molecule has 5 heteroatoms. The Bertz CT molecular complexity index is 255. The molecular weight excluding hydrogens is 198 g/mol. The van der Waals surface area contributed by atoms with Crippen LogP contribution in [0.2, 0.25) is 0 Å². The minimum Gasteiger partial charge on any atom is -0.444 e. The number of alkyl carbamates (subject to hydrolysis) is 1. The first-order valence-electron chi connectivity index (χ1n) is 4.54. The van der Waals surface area contributed by atoms with Crippen molar-refractivity contribution in [2.75, 3.05) is 0 Å². The minimum absolute atomic E-state index is 0.504. The second-order valence-corrected chi connectivity index (χ2v) is 3.91. The van der Waals surface area contributed by atoms with Crippen LogP contribution < -0.4 is 5.32 Å². The van der Waals surface area contributed by atoms with Crippen LogP contribution in [0.1, 0.15) is 27.7 Å². The van der Waals surface area contributed by atoms with Crippen molar-refractivity contribution in [1.29, 1.82) is 0 Å². The van der Waals surface area contributed by atoms with E-state index in [4.69, 9.17) is 9.47 Å². The fourth-order valence-electron chi connectivity index (χ4n) is 0.739. The van der Waals surface area contributed by atoms with Crippen molar-refractivity contribution in [3.05, 3.63) is 12.7 Å². The highest BCUT2D eigenvalue weighted by atomic mass is 16.6. The van der Waals surface area contributed by atoms with E-state index in [0.29, 0.717) is 0 Å². The van der Waals surface area contributed by atoms with Gasteiger partial charge in [-0.1, -0.05) is 6.58 Å². The van der Waals surface area contributed by atoms with E-state index in [0.717, 1.165) is 0 Å². The molecule has 86 valence electrons. The topological polar surface area (TPSA) is 64.6 Å². The van der Waals surface area contributed by atoms with Crippen molar-refractivity contribution in [1.82, 2.24) is 5.32 Å². The summed E-state index contributed by atoms with van der Waals surface area (Å²) < 4.78 is 9.68. The molecule has 1 atom stereocenters. The average Bonchev–Trinajstić information content (AvgIpc) is 1.98. The molecule has 0 radical (unpaired) electrons. The van der Waals surface area contributed by atoms with E-state index in [2.05, 4.69) is 11.9 Å². The molecule has 1 amide bonds. The number of hydrogen-bond donors (Lipinski definition) is 1. The molecule has 0 rings (SSSR count). The van der Waals surface area contributed by atoms with Crippen LogP contribution in [0, 0.1) is 0 Å². The fraction of sp³-hybridized carbons (Fsp3) is 0.600. The highest BCUT2D eigenvalue weighted by molar-refractivity contribution is 5.70. The number of rotatable bonds is 3. The Morgan fingerprint density at radius 2 is 1.93 bits per heavy atom. The van der Waals surface area contributed by atoms with Crippen LogP contribution in [0.3, 0.4) is 0 Å². The van der Waals surface area contributed by atoms with Gasteiger partial charge in [0.25, 0.3) is 0 Å². The van der Waals surface area contributed by atoms with Crippen LogP contribution >= 0.6 is 0 Å². The molecule has 15 heavy (non-hydrogen) atoms. The lowest BCUT2D eigenvalue weighted by atomic mass is 10.2. The van der Waals surface area contributed by atoms with Gasteiger partial charge in [-0.3, -0.25) is 10.1 Å². The highest BCUT2D eigenvalue weighted by Gasteiger charge is 2.18. The van der Waals surface area contributed by atoms with Crippen LogP contribution in [0.15, 0.2) is 12.7 Å². The first-order chi connectivity index (χ1) is 6.74. The van der Waals surface area contributed by atoms with Crippen molar-refractivity contribution >= 4 is 12.1 Å². The Kier molecular flexibility index (Phi) is 4.84. The van der Waals surface area contributed by atoms with Gasteiger partial charge >= 0.3 is 12.1 Å². The number of ether oxygens (including phenoxy) is 2. The summed E-state index contributed by atoms with van der Waals surface area (Å²) in [7, 11) is 0. The van der Waals surface area contributed by atoms with Gasteiger partial charge in [0.05, 0.1) is 0 Å². The molecule has 1 unspecified atom stereocenters. The molecule has 5 nitrogen and oxygen atoms in total. The van der Waals surface area contributed by atoms with Crippen molar-refractivity contribution in [2.45, 2.75) is 39.5 Å². The standard InChI is InChI=1S/C10H17NO4/c1-6-8(14-7(2)12)11-9(13)15-10(3,4)5/h6,8H,1H2,2-5H3,(H,11,13). The number of hydrogen-bond acceptors (Lipinski definition) is 4. The molecule has 0 aromatic heterocycles. The molecule has 0 bridgehead atoms. The van der Waals surface area contributed by atoms with Crippen LogP contribution in [0.25, 0.3) is 0 Å². The Morgan fingerprint density at radius 3 is 2.27 bits per heavy atom. The predicted octanol–water partition coefficient (Wildman–Crippen LogP) is 1.59. The van der Waals surface area contributed by atoms with Gasteiger partial charge in [0.1, 0.15) is 5.60 Å². The van der Waals surface area contributed by atoms with E-state index >= 15 is 0 Å². The van der Waals surface area contributed by atoms with Gasteiger partial charge in [0.2, 0.25) is 0 Å². The largest absolute Gasteiger partial charge is 0.444 e. The van der Waals surface area contributed by atoms with Crippen LogP contribution in [0.5, 0.6) is 0 Å². The summed E-state index contributed by atoms with van der Waals surface area (Å²) >= 11 is 0. The van der Waals surface area contributed by atoms with E-state index in [9.17, 15) is 9.59 Å². The quantitative estimate of drug-likeness (QED) is 0.441. The average molecular weight is 215 g/mol. The summed E-state index contributed by atoms with van der Waals surface area (Å²) in [5, 5.41) is 2.33. The third kappa shape index (κ3) is 7.54. The molecule has 0 fully saturated rings. The number of nitrogens with one attached hydrogen (secondary N) is 1. The Morgan fingerprint density at radius 1 is 1.40 bits per heavy atom. The lowest BCUT2D eigenvalue weighted by molar-refractivity contribution is -0.145. The Hall–Kier alpha value is -1.52. The van der Waals surface area contributed by atoms with Crippen LogP contribution in [-0.2, 0) is 14.3 Å². The van der Waals surface area contributed by atoms with Gasteiger partial charge in [-0.05, 0) is 26.8 Å². The van der Waals surface area contributed by atoms with Crippen LogP contribution in [0.4, 0.5) is 4.79 Å². The predicted molar refractivity (Wildman–Crippen MR) is 55.1 cm³/mol. The summed E-state index contributed by atoms with van der Waals surface area (Å²) in [6.07, 6.45) is -0.225.